The van der Waals surface area contributed by atoms with Crippen LogP contribution in [0.3, 0.4) is 0 Å². The smallest absolute Gasteiger partial charge is 0.247 e. The van der Waals surface area contributed by atoms with Gasteiger partial charge in [-0.1, -0.05) is 35.9 Å². The molecule has 0 radical (unpaired) electrons. The summed E-state index contributed by atoms with van der Waals surface area (Å²) < 4.78 is 1.83. The summed E-state index contributed by atoms with van der Waals surface area (Å²) in [5, 5.41) is 7.78. The number of pyridine rings is 1. The second-order valence-electron chi connectivity index (χ2n) is 6.24. The molecular weight excluding hydrogens is 324 g/mol. The van der Waals surface area contributed by atoms with Crippen molar-refractivity contribution >= 4 is 23.1 Å². The lowest BCUT2D eigenvalue weighted by Gasteiger charge is -2.04. The normalized spacial score (nSPS) is 10.8. The predicted molar refractivity (Wildman–Crippen MR) is 103 cm³/mol. The fourth-order valence-corrected chi connectivity index (χ4v) is 2.82. The molecule has 0 fully saturated rings. The summed E-state index contributed by atoms with van der Waals surface area (Å²) >= 11 is 0. The highest BCUT2D eigenvalue weighted by molar-refractivity contribution is 5.94. The Morgan fingerprint density at radius 2 is 1.69 bits per heavy atom. The summed E-state index contributed by atoms with van der Waals surface area (Å²) in [4.78, 5) is 15.9. The van der Waals surface area contributed by atoms with Crippen molar-refractivity contribution in [3.63, 3.8) is 0 Å². The molecular formula is C21H18N4O. The van der Waals surface area contributed by atoms with Crippen LogP contribution >= 0.6 is 0 Å². The van der Waals surface area contributed by atoms with Crippen molar-refractivity contribution in [2.75, 3.05) is 5.32 Å². The fourth-order valence-electron chi connectivity index (χ4n) is 2.82. The average Bonchev–Trinajstić information content (AvgIpc) is 3.05. The molecule has 0 atom stereocenters. The van der Waals surface area contributed by atoms with E-state index in [4.69, 9.17) is 0 Å². The number of ketones is 1. The second kappa shape index (κ2) is 6.44. The Hall–Kier alpha value is -3.47. The molecule has 0 amide bonds. The maximum Gasteiger partial charge on any atom is 0.247 e. The van der Waals surface area contributed by atoms with Crippen molar-refractivity contribution in [3.05, 3.63) is 77.9 Å². The number of hydrogen-bond acceptors (Lipinski definition) is 4. The number of nitrogens with zero attached hydrogens (tertiary/aromatic N) is 3. The monoisotopic (exact) mass is 342 g/mol. The Morgan fingerprint density at radius 1 is 0.962 bits per heavy atom. The molecule has 2 aromatic carbocycles. The molecule has 4 rings (SSSR count). The third-order valence-corrected chi connectivity index (χ3v) is 4.25. The van der Waals surface area contributed by atoms with Gasteiger partial charge in [0.1, 0.15) is 0 Å². The van der Waals surface area contributed by atoms with Crippen LogP contribution in [0.4, 0.5) is 11.6 Å². The SMILES string of the molecule is CC(=O)c1ccc(Nc2nc3cccc(-c4ccc(C)cc4)n3n2)cc1. The summed E-state index contributed by atoms with van der Waals surface area (Å²) in [6.07, 6.45) is 0. The molecule has 0 bridgehead atoms. The highest BCUT2D eigenvalue weighted by Gasteiger charge is 2.09. The molecule has 0 aliphatic heterocycles. The van der Waals surface area contributed by atoms with Crippen molar-refractivity contribution < 1.29 is 4.79 Å². The minimum atomic E-state index is 0.0464. The first-order valence-corrected chi connectivity index (χ1v) is 8.41. The van der Waals surface area contributed by atoms with Gasteiger partial charge in [-0.3, -0.25) is 4.79 Å². The lowest BCUT2D eigenvalue weighted by Crippen LogP contribution is -1.96. The number of benzene rings is 2. The molecule has 5 heteroatoms. The second-order valence-corrected chi connectivity index (χ2v) is 6.24. The van der Waals surface area contributed by atoms with Crippen molar-refractivity contribution in [2.45, 2.75) is 13.8 Å². The van der Waals surface area contributed by atoms with Crippen LogP contribution in [0.5, 0.6) is 0 Å². The lowest BCUT2D eigenvalue weighted by molar-refractivity contribution is 0.101. The Bertz CT molecular complexity index is 1080. The van der Waals surface area contributed by atoms with Gasteiger partial charge < -0.3 is 5.32 Å². The Morgan fingerprint density at radius 3 is 2.38 bits per heavy atom. The number of anilines is 2. The first kappa shape index (κ1) is 16.0. The summed E-state index contributed by atoms with van der Waals surface area (Å²) in [7, 11) is 0. The molecule has 0 saturated carbocycles. The van der Waals surface area contributed by atoms with E-state index in [2.05, 4.69) is 46.6 Å². The van der Waals surface area contributed by atoms with E-state index in [9.17, 15) is 4.79 Å². The molecule has 4 aromatic rings. The zero-order valence-electron chi connectivity index (χ0n) is 14.6. The molecule has 0 aliphatic carbocycles. The maximum absolute atomic E-state index is 11.4. The molecule has 26 heavy (non-hydrogen) atoms. The molecule has 5 nitrogen and oxygen atoms in total. The highest BCUT2D eigenvalue weighted by atomic mass is 16.1. The minimum absolute atomic E-state index is 0.0464. The van der Waals surface area contributed by atoms with Crippen LogP contribution in [-0.2, 0) is 0 Å². The number of nitrogens with one attached hydrogen (secondary N) is 1. The molecule has 0 saturated heterocycles. The topological polar surface area (TPSA) is 59.3 Å². The van der Waals surface area contributed by atoms with Crippen molar-refractivity contribution in [3.8, 4) is 11.3 Å². The Labute approximate surface area is 151 Å². The van der Waals surface area contributed by atoms with Crippen molar-refractivity contribution in [1.29, 1.82) is 0 Å². The number of aromatic nitrogens is 3. The summed E-state index contributed by atoms with van der Waals surface area (Å²) in [5.74, 6) is 0.560. The molecule has 128 valence electrons. The van der Waals surface area contributed by atoms with E-state index in [1.165, 1.54) is 5.56 Å². The summed E-state index contributed by atoms with van der Waals surface area (Å²) in [5.41, 5.74) is 5.57. The number of aryl methyl sites for hydroxylation is 1. The van der Waals surface area contributed by atoms with Crippen molar-refractivity contribution in [2.24, 2.45) is 0 Å². The lowest BCUT2D eigenvalue weighted by atomic mass is 10.1. The van der Waals surface area contributed by atoms with Crippen LogP contribution in [0, 0.1) is 6.92 Å². The number of carbonyl (C=O) groups is 1. The van der Waals surface area contributed by atoms with E-state index >= 15 is 0 Å². The van der Waals surface area contributed by atoms with E-state index < -0.39 is 0 Å². The van der Waals surface area contributed by atoms with Crippen LogP contribution in [0.1, 0.15) is 22.8 Å². The van der Waals surface area contributed by atoms with Gasteiger partial charge in [-0.15, -0.1) is 5.10 Å². The zero-order chi connectivity index (χ0) is 18.1. The van der Waals surface area contributed by atoms with Crippen LogP contribution < -0.4 is 5.32 Å². The molecule has 0 spiro atoms. The predicted octanol–water partition coefficient (Wildman–Crippen LogP) is 4.65. The summed E-state index contributed by atoms with van der Waals surface area (Å²) in [6, 6.07) is 21.5. The van der Waals surface area contributed by atoms with Crippen LogP contribution in [0.2, 0.25) is 0 Å². The highest BCUT2D eigenvalue weighted by Crippen LogP contribution is 2.22. The number of Topliss-reactive ketones (excluding diaryl/α,β-unsaturated/α-hetero) is 1. The van der Waals surface area contributed by atoms with Gasteiger partial charge in [-0.05, 0) is 50.2 Å². The number of fused-ring (bicyclic) bond motifs is 1. The van der Waals surface area contributed by atoms with E-state index in [1.54, 1.807) is 19.1 Å². The van der Waals surface area contributed by atoms with Gasteiger partial charge in [0.05, 0.1) is 5.69 Å². The largest absolute Gasteiger partial charge is 0.323 e. The number of rotatable bonds is 4. The minimum Gasteiger partial charge on any atom is -0.323 e. The first-order chi connectivity index (χ1) is 12.6. The van der Waals surface area contributed by atoms with Gasteiger partial charge in [0.2, 0.25) is 5.95 Å². The molecule has 2 heterocycles. The third kappa shape index (κ3) is 3.07. The van der Waals surface area contributed by atoms with Gasteiger partial charge >= 0.3 is 0 Å². The molecule has 0 unspecified atom stereocenters. The van der Waals surface area contributed by atoms with Gasteiger partial charge in [0.25, 0.3) is 0 Å². The van der Waals surface area contributed by atoms with Crippen molar-refractivity contribution in [1.82, 2.24) is 14.6 Å². The summed E-state index contributed by atoms with van der Waals surface area (Å²) in [6.45, 7) is 3.62. The van der Waals surface area contributed by atoms with Crippen LogP contribution in [0.25, 0.3) is 16.9 Å². The number of hydrogen-bond donors (Lipinski definition) is 1. The van der Waals surface area contributed by atoms with Gasteiger partial charge in [-0.2, -0.15) is 4.98 Å². The standard InChI is InChI=1S/C21H18N4O/c1-14-6-8-17(9-7-14)19-4-3-5-20-23-21(24-25(19)20)22-18-12-10-16(11-13-18)15(2)26/h3-13H,1-2H3,(H,22,24). The zero-order valence-corrected chi connectivity index (χ0v) is 14.6. The Kier molecular flexibility index (Phi) is 3.97. The Balaban J connectivity index is 1.68. The molecule has 1 N–H and O–H groups in total. The van der Waals surface area contributed by atoms with E-state index in [1.807, 2.05) is 34.8 Å². The van der Waals surface area contributed by atoms with Gasteiger partial charge in [0.15, 0.2) is 11.4 Å². The first-order valence-electron chi connectivity index (χ1n) is 8.41. The quantitative estimate of drug-likeness (QED) is 0.548. The maximum atomic E-state index is 11.4. The average molecular weight is 342 g/mol. The van der Waals surface area contributed by atoms with Crippen LogP contribution in [-0.4, -0.2) is 20.4 Å². The fraction of sp³-hybridized carbons (Fsp3) is 0.0952. The van der Waals surface area contributed by atoms with E-state index in [-0.39, 0.29) is 5.78 Å². The van der Waals surface area contributed by atoms with Crippen LogP contribution in [0.15, 0.2) is 66.7 Å². The number of carbonyl (C=O) groups excluding carboxylic acids is 1. The van der Waals surface area contributed by atoms with Gasteiger partial charge in [0, 0.05) is 16.8 Å². The van der Waals surface area contributed by atoms with E-state index in [0.29, 0.717) is 11.5 Å². The molecule has 2 aromatic heterocycles. The molecule has 0 aliphatic rings. The van der Waals surface area contributed by atoms with E-state index in [0.717, 1.165) is 22.6 Å². The van der Waals surface area contributed by atoms with Gasteiger partial charge in [-0.25, -0.2) is 4.52 Å². The third-order valence-electron chi connectivity index (χ3n) is 4.25.